The molecule has 1 atom stereocenters. The zero-order valence-corrected chi connectivity index (χ0v) is 20.4. The van der Waals surface area contributed by atoms with Gasteiger partial charge < -0.3 is 10.1 Å². The molecule has 3 aromatic carbocycles. The first kappa shape index (κ1) is 24.6. The van der Waals surface area contributed by atoms with Gasteiger partial charge in [0.05, 0.1) is 23.7 Å². The second-order valence-corrected chi connectivity index (χ2v) is 9.85. The Morgan fingerprint density at radius 3 is 2.24 bits per heavy atom. The Morgan fingerprint density at radius 2 is 1.67 bits per heavy atom. The Kier molecular flexibility index (Phi) is 8.00. The molecule has 33 heavy (non-hydrogen) atoms. The summed E-state index contributed by atoms with van der Waals surface area (Å²) in [5.41, 5.74) is 2.10. The van der Waals surface area contributed by atoms with Gasteiger partial charge in [-0.25, -0.2) is 8.42 Å². The quantitative estimate of drug-likeness (QED) is 0.455. The number of aryl methyl sites for hydroxylation is 1. The number of para-hydroxylation sites is 1. The van der Waals surface area contributed by atoms with E-state index in [0.717, 1.165) is 21.2 Å². The van der Waals surface area contributed by atoms with Crippen LogP contribution in [0.3, 0.4) is 0 Å². The molecule has 1 N–H and O–H groups in total. The van der Waals surface area contributed by atoms with Crippen LogP contribution >= 0.6 is 11.6 Å². The molecule has 3 aromatic rings. The third kappa shape index (κ3) is 5.86. The Morgan fingerprint density at radius 1 is 1.03 bits per heavy atom. The fraction of sp³-hybridized carbons (Fsp3) is 0.240. The summed E-state index contributed by atoms with van der Waals surface area (Å²) < 4.78 is 33.4. The molecule has 0 bridgehead atoms. The second-order valence-electron chi connectivity index (χ2n) is 7.55. The average Bonchev–Trinajstić information content (AvgIpc) is 2.82. The van der Waals surface area contributed by atoms with Crippen LogP contribution in [0.1, 0.15) is 30.5 Å². The van der Waals surface area contributed by atoms with Crippen molar-refractivity contribution < 1.29 is 17.9 Å². The van der Waals surface area contributed by atoms with Crippen molar-refractivity contribution in [2.24, 2.45) is 0 Å². The summed E-state index contributed by atoms with van der Waals surface area (Å²) in [6, 6.07) is 20.1. The number of ether oxygens (including phenoxy) is 1. The molecule has 0 radical (unpaired) electrons. The molecule has 0 aliphatic carbocycles. The normalized spacial score (nSPS) is 12.1. The van der Waals surface area contributed by atoms with Crippen LogP contribution in [-0.4, -0.2) is 28.0 Å². The minimum Gasteiger partial charge on any atom is -0.497 e. The molecule has 174 valence electrons. The van der Waals surface area contributed by atoms with Crippen LogP contribution < -0.4 is 14.4 Å². The van der Waals surface area contributed by atoms with Crippen molar-refractivity contribution in [2.45, 2.75) is 31.2 Å². The zero-order valence-electron chi connectivity index (χ0n) is 18.8. The molecule has 0 aromatic heterocycles. The van der Waals surface area contributed by atoms with Crippen LogP contribution in [0, 0.1) is 6.92 Å². The number of rotatable bonds is 9. The van der Waals surface area contributed by atoms with Crippen LogP contribution in [0.25, 0.3) is 0 Å². The maximum Gasteiger partial charge on any atom is 0.264 e. The second kappa shape index (κ2) is 10.7. The summed E-state index contributed by atoms with van der Waals surface area (Å²) in [5.74, 6) is 0.318. The van der Waals surface area contributed by atoms with Crippen LogP contribution in [0.15, 0.2) is 77.7 Å². The number of methoxy groups -OCH3 is 1. The first-order valence-electron chi connectivity index (χ1n) is 10.5. The van der Waals surface area contributed by atoms with E-state index in [2.05, 4.69) is 5.32 Å². The number of hydrogen-bond donors (Lipinski definition) is 1. The lowest BCUT2D eigenvalue weighted by molar-refractivity contribution is -0.120. The Labute approximate surface area is 200 Å². The van der Waals surface area contributed by atoms with Gasteiger partial charge in [0.1, 0.15) is 12.3 Å². The Hall–Kier alpha value is -3.03. The molecule has 0 saturated carbocycles. The van der Waals surface area contributed by atoms with Gasteiger partial charge in [0.25, 0.3) is 10.0 Å². The Balaban J connectivity index is 1.90. The molecule has 0 unspecified atom stereocenters. The third-order valence-electron chi connectivity index (χ3n) is 5.33. The number of sulfonamides is 1. The van der Waals surface area contributed by atoms with Gasteiger partial charge in [-0.2, -0.15) is 0 Å². The smallest absolute Gasteiger partial charge is 0.264 e. The van der Waals surface area contributed by atoms with Crippen LogP contribution in [0.2, 0.25) is 5.02 Å². The monoisotopic (exact) mass is 486 g/mol. The van der Waals surface area contributed by atoms with E-state index in [1.807, 2.05) is 50.2 Å². The maximum absolute atomic E-state index is 13.5. The zero-order chi connectivity index (χ0) is 24.0. The molecular formula is C25H27ClN2O4S. The maximum atomic E-state index is 13.5. The highest BCUT2D eigenvalue weighted by Gasteiger charge is 2.29. The lowest BCUT2D eigenvalue weighted by Gasteiger charge is -2.27. The van der Waals surface area contributed by atoms with Gasteiger partial charge in [-0.05, 0) is 66.9 Å². The predicted molar refractivity (Wildman–Crippen MR) is 131 cm³/mol. The van der Waals surface area contributed by atoms with Gasteiger partial charge >= 0.3 is 0 Å². The Bertz CT molecular complexity index is 1200. The highest BCUT2D eigenvalue weighted by atomic mass is 35.5. The van der Waals surface area contributed by atoms with Gasteiger partial charge in [-0.3, -0.25) is 9.10 Å². The highest BCUT2D eigenvalue weighted by molar-refractivity contribution is 7.92. The first-order valence-corrected chi connectivity index (χ1v) is 12.3. The SMILES string of the molecule is CC[C@H](NC(=O)CN(c1ccccc1C)S(=O)(=O)c1ccc(Cl)cc1)c1ccc(OC)cc1. The van der Waals surface area contributed by atoms with Gasteiger partial charge in [-0.15, -0.1) is 0 Å². The summed E-state index contributed by atoms with van der Waals surface area (Å²) in [6.07, 6.45) is 0.645. The minimum atomic E-state index is -4.01. The largest absolute Gasteiger partial charge is 0.497 e. The van der Waals surface area contributed by atoms with Gasteiger partial charge in [0, 0.05) is 5.02 Å². The van der Waals surface area contributed by atoms with E-state index in [-0.39, 0.29) is 17.5 Å². The first-order chi connectivity index (χ1) is 15.8. The summed E-state index contributed by atoms with van der Waals surface area (Å²) in [4.78, 5) is 13.1. The van der Waals surface area contributed by atoms with Crippen LogP contribution in [-0.2, 0) is 14.8 Å². The van der Waals surface area contributed by atoms with Crippen molar-refractivity contribution in [3.05, 3.63) is 88.9 Å². The standard InChI is InChI=1S/C25H27ClN2O4S/c1-4-23(19-9-13-21(32-3)14-10-19)27-25(29)17-28(24-8-6-5-7-18(24)2)33(30,31)22-15-11-20(26)12-16-22/h5-16,23H,4,17H2,1-3H3,(H,27,29)/t23-/m0/s1. The highest BCUT2D eigenvalue weighted by Crippen LogP contribution is 2.28. The van der Waals surface area contributed by atoms with Crippen LogP contribution in [0.5, 0.6) is 5.75 Å². The fourth-order valence-corrected chi connectivity index (χ4v) is 5.12. The van der Waals surface area contributed by atoms with E-state index in [4.69, 9.17) is 16.3 Å². The summed E-state index contributed by atoms with van der Waals surface area (Å²) >= 11 is 5.94. The summed E-state index contributed by atoms with van der Waals surface area (Å²) in [7, 11) is -2.41. The molecule has 6 nitrogen and oxygen atoms in total. The van der Waals surface area contributed by atoms with Crippen molar-refractivity contribution in [1.82, 2.24) is 5.32 Å². The van der Waals surface area contributed by atoms with Gasteiger partial charge in [-0.1, -0.05) is 48.9 Å². The third-order valence-corrected chi connectivity index (χ3v) is 7.36. The molecule has 0 spiro atoms. The van der Waals surface area contributed by atoms with E-state index in [1.54, 1.807) is 19.2 Å². The van der Waals surface area contributed by atoms with E-state index in [9.17, 15) is 13.2 Å². The van der Waals surface area contributed by atoms with E-state index in [1.165, 1.54) is 24.3 Å². The number of nitrogens with zero attached hydrogens (tertiary/aromatic N) is 1. The van der Waals surface area contributed by atoms with Crippen molar-refractivity contribution in [1.29, 1.82) is 0 Å². The number of halogens is 1. The number of amides is 1. The number of anilines is 1. The van der Waals surface area contributed by atoms with Gasteiger partial charge in [0.15, 0.2) is 0 Å². The molecule has 1 amide bonds. The van der Waals surface area contributed by atoms with Gasteiger partial charge in [0.2, 0.25) is 5.91 Å². The molecular weight excluding hydrogens is 460 g/mol. The molecule has 0 fully saturated rings. The fourth-order valence-electron chi connectivity index (χ4n) is 3.50. The number of hydrogen-bond acceptors (Lipinski definition) is 4. The van der Waals surface area contributed by atoms with E-state index in [0.29, 0.717) is 17.1 Å². The van der Waals surface area contributed by atoms with Crippen molar-refractivity contribution in [2.75, 3.05) is 18.0 Å². The predicted octanol–water partition coefficient (Wildman–Crippen LogP) is 5.12. The lowest BCUT2D eigenvalue weighted by atomic mass is 10.0. The number of carbonyl (C=O) groups excluding carboxylic acids is 1. The number of benzene rings is 3. The molecule has 0 heterocycles. The van der Waals surface area contributed by atoms with Crippen molar-refractivity contribution >= 4 is 33.2 Å². The van der Waals surface area contributed by atoms with Crippen molar-refractivity contribution in [3.63, 3.8) is 0 Å². The number of nitrogens with one attached hydrogen (secondary N) is 1. The minimum absolute atomic E-state index is 0.0603. The topological polar surface area (TPSA) is 75.7 Å². The van der Waals surface area contributed by atoms with Crippen LogP contribution in [0.4, 0.5) is 5.69 Å². The molecule has 0 aliphatic heterocycles. The number of carbonyl (C=O) groups is 1. The van der Waals surface area contributed by atoms with E-state index < -0.39 is 15.9 Å². The van der Waals surface area contributed by atoms with E-state index >= 15 is 0 Å². The lowest BCUT2D eigenvalue weighted by Crippen LogP contribution is -2.42. The molecule has 0 aliphatic rings. The molecule has 8 heteroatoms. The summed E-state index contributed by atoms with van der Waals surface area (Å²) in [5, 5.41) is 3.40. The molecule has 3 rings (SSSR count). The van der Waals surface area contributed by atoms with Crippen molar-refractivity contribution in [3.8, 4) is 5.75 Å². The average molecular weight is 487 g/mol. The molecule has 0 saturated heterocycles. The summed E-state index contributed by atoms with van der Waals surface area (Å²) in [6.45, 7) is 3.41.